The van der Waals surface area contributed by atoms with E-state index < -0.39 is 30.0 Å². The van der Waals surface area contributed by atoms with Gasteiger partial charge in [-0.15, -0.1) is 0 Å². The van der Waals surface area contributed by atoms with E-state index in [0.717, 1.165) is 32.1 Å². The van der Waals surface area contributed by atoms with Crippen molar-refractivity contribution < 1.29 is 38.5 Å². The van der Waals surface area contributed by atoms with Gasteiger partial charge in [0, 0.05) is 22.7 Å². The summed E-state index contributed by atoms with van der Waals surface area (Å²) in [5.41, 5.74) is 6.72. The maximum atomic E-state index is 13.3. The topological polar surface area (TPSA) is 142 Å². The van der Waals surface area contributed by atoms with Gasteiger partial charge in [0.15, 0.2) is 0 Å². The molecule has 4 atom stereocenters. The molecule has 0 aromatic heterocycles. The van der Waals surface area contributed by atoms with Gasteiger partial charge in [0.2, 0.25) is 0 Å². The normalized spacial score (nSPS) is 22.8. The molecule has 42 heavy (non-hydrogen) atoms. The van der Waals surface area contributed by atoms with Gasteiger partial charge in [0.25, 0.3) is 0 Å². The van der Waals surface area contributed by atoms with Crippen LogP contribution in [-0.4, -0.2) is 35.1 Å². The number of anilines is 1. The largest absolute Gasteiger partial charge is 0.478 e. The maximum absolute atomic E-state index is 13.3. The van der Waals surface area contributed by atoms with Crippen LogP contribution in [0.1, 0.15) is 111 Å². The summed E-state index contributed by atoms with van der Waals surface area (Å²) in [6.45, 7) is 8.62. The molecular weight excluding hydrogens is 538 g/mol. The summed E-state index contributed by atoms with van der Waals surface area (Å²) >= 11 is 0. The number of nitrogens with two attached hydrogens (primary N) is 1. The van der Waals surface area contributed by atoms with Gasteiger partial charge in [0.05, 0.1) is 18.4 Å². The van der Waals surface area contributed by atoms with Crippen LogP contribution in [0.5, 0.6) is 5.75 Å². The molecule has 0 heterocycles. The van der Waals surface area contributed by atoms with E-state index in [2.05, 4.69) is 20.8 Å². The predicted octanol–water partition coefficient (Wildman–Crippen LogP) is 6.50. The first kappa shape index (κ1) is 31.1. The third-order valence-electron chi connectivity index (χ3n) is 9.58. The van der Waals surface area contributed by atoms with Gasteiger partial charge in [-0.1, -0.05) is 52.3 Å². The van der Waals surface area contributed by atoms with Gasteiger partial charge in [0.1, 0.15) is 23.5 Å². The summed E-state index contributed by atoms with van der Waals surface area (Å²) in [7, 11) is 0. The van der Waals surface area contributed by atoms with Crippen LogP contribution in [0.2, 0.25) is 0 Å². The number of carboxylic acids is 1. The van der Waals surface area contributed by atoms with Gasteiger partial charge in [-0.25, -0.2) is 9.59 Å². The highest BCUT2D eigenvalue weighted by Crippen LogP contribution is 2.66. The number of carboxylic acid groups (broad SMARTS) is 1. The molecule has 226 valence electrons. The standard InChI is InChI=1S/C33H41NO8/c1-5-6-11-25(22-9-7-8-10-23(22)30(37)38)40-28(35)14-15-29(36)41-26-19-21(34)12-13-24(26)31(39)42-27-18-20-16-17-33(27,4)32(20,2)3/h7-10,12-13,19-20,25,27H,5-6,11,14-18,34H2,1-4H3,(H,37,38). The minimum Gasteiger partial charge on any atom is -0.478 e. The van der Waals surface area contributed by atoms with Crippen molar-refractivity contribution in [2.45, 2.75) is 91.3 Å². The maximum Gasteiger partial charge on any atom is 0.342 e. The number of carbonyl (C=O) groups is 4. The molecule has 0 spiro atoms. The second kappa shape index (κ2) is 12.5. The van der Waals surface area contributed by atoms with Crippen LogP contribution in [0.3, 0.4) is 0 Å². The molecule has 2 aliphatic carbocycles. The third kappa shape index (κ3) is 6.30. The number of aromatic carboxylic acids is 1. The number of hydrogen-bond acceptors (Lipinski definition) is 8. The summed E-state index contributed by atoms with van der Waals surface area (Å²) in [5, 5.41) is 9.57. The fraction of sp³-hybridized carbons (Fsp3) is 0.515. The summed E-state index contributed by atoms with van der Waals surface area (Å²) in [6, 6.07) is 10.8. The van der Waals surface area contributed by atoms with E-state index in [-0.39, 0.29) is 46.7 Å². The molecule has 4 rings (SSSR count). The molecule has 2 bridgehead atoms. The van der Waals surface area contributed by atoms with Gasteiger partial charge >= 0.3 is 23.9 Å². The zero-order valence-electron chi connectivity index (χ0n) is 24.8. The number of hydrogen-bond donors (Lipinski definition) is 2. The van der Waals surface area contributed by atoms with Crippen molar-refractivity contribution in [1.82, 2.24) is 0 Å². The molecule has 2 fully saturated rings. The van der Waals surface area contributed by atoms with Crippen LogP contribution in [0.4, 0.5) is 5.69 Å². The molecule has 9 heteroatoms. The van der Waals surface area contributed by atoms with Crippen LogP contribution in [-0.2, 0) is 19.1 Å². The highest BCUT2D eigenvalue weighted by Gasteiger charge is 2.63. The van der Waals surface area contributed by atoms with E-state index in [0.29, 0.717) is 23.6 Å². The minimum absolute atomic E-state index is 0.0258. The molecule has 3 N–H and O–H groups in total. The molecule has 2 aliphatic rings. The number of benzene rings is 2. The van der Waals surface area contributed by atoms with Crippen molar-refractivity contribution in [3.05, 3.63) is 59.2 Å². The van der Waals surface area contributed by atoms with E-state index in [4.69, 9.17) is 19.9 Å². The summed E-state index contributed by atoms with van der Waals surface area (Å²) in [4.78, 5) is 50.4. The van der Waals surface area contributed by atoms with E-state index >= 15 is 0 Å². The number of unbranched alkanes of at least 4 members (excludes halogenated alkanes) is 1. The fourth-order valence-electron chi connectivity index (χ4n) is 6.53. The molecule has 0 saturated heterocycles. The van der Waals surface area contributed by atoms with Crippen LogP contribution in [0.15, 0.2) is 42.5 Å². The average Bonchev–Trinajstić information content (AvgIpc) is 3.28. The Morgan fingerprint density at radius 2 is 1.74 bits per heavy atom. The third-order valence-corrected chi connectivity index (χ3v) is 9.58. The fourth-order valence-corrected chi connectivity index (χ4v) is 6.53. The van der Waals surface area contributed by atoms with Crippen LogP contribution in [0, 0.1) is 16.7 Å². The van der Waals surface area contributed by atoms with Gasteiger partial charge in [-0.2, -0.15) is 0 Å². The Balaban J connectivity index is 1.39. The second-order valence-corrected chi connectivity index (χ2v) is 12.2. The number of esters is 3. The summed E-state index contributed by atoms with van der Waals surface area (Å²) < 4.78 is 17.1. The Bertz CT molecular complexity index is 1350. The van der Waals surface area contributed by atoms with Gasteiger partial charge in [-0.3, -0.25) is 9.59 Å². The van der Waals surface area contributed by atoms with E-state index in [1.807, 2.05) is 6.92 Å². The zero-order valence-corrected chi connectivity index (χ0v) is 24.8. The molecule has 0 aliphatic heterocycles. The zero-order chi connectivity index (χ0) is 30.7. The molecule has 9 nitrogen and oxygen atoms in total. The lowest BCUT2D eigenvalue weighted by Gasteiger charge is -2.38. The van der Waals surface area contributed by atoms with Crippen LogP contribution < -0.4 is 10.5 Å². The van der Waals surface area contributed by atoms with Gasteiger partial charge in [-0.05, 0) is 61.6 Å². The van der Waals surface area contributed by atoms with Crippen molar-refractivity contribution in [1.29, 1.82) is 0 Å². The Morgan fingerprint density at radius 3 is 2.38 bits per heavy atom. The first-order chi connectivity index (χ1) is 19.9. The van der Waals surface area contributed by atoms with E-state index in [1.165, 1.54) is 18.2 Å². The number of nitrogen functional groups attached to an aromatic ring is 1. The quantitative estimate of drug-likeness (QED) is 0.164. The van der Waals surface area contributed by atoms with Crippen molar-refractivity contribution in [3.63, 3.8) is 0 Å². The predicted molar refractivity (Wildman–Crippen MR) is 156 cm³/mol. The monoisotopic (exact) mass is 579 g/mol. The van der Waals surface area contributed by atoms with E-state index in [1.54, 1.807) is 24.3 Å². The lowest BCUT2D eigenvalue weighted by Crippen LogP contribution is -2.38. The highest BCUT2D eigenvalue weighted by atomic mass is 16.6. The minimum atomic E-state index is -1.11. The number of ether oxygens (including phenoxy) is 3. The average molecular weight is 580 g/mol. The molecule has 0 radical (unpaired) electrons. The molecule has 2 saturated carbocycles. The van der Waals surface area contributed by atoms with E-state index in [9.17, 15) is 24.3 Å². The Kier molecular flexibility index (Phi) is 9.28. The van der Waals surface area contributed by atoms with Crippen molar-refractivity contribution in [3.8, 4) is 5.75 Å². The molecule has 2 aromatic carbocycles. The number of rotatable bonds is 12. The number of fused-ring (bicyclic) bond motifs is 2. The Labute approximate surface area is 246 Å². The lowest BCUT2D eigenvalue weighted by molar-refractivity contribution is -0.152. The van der Waals surface area contributed by atoms with Crippen LogP contribution in [0.25, 0.3) is 0 Å². The van der Waals surface area contributed by atoms with Crippen molar-refractivity contribution >= 4 is 29.6 Å². The first-order valence-corrected chi connectivity index (χ1v) is 14.7. The second-order valence-electron chi connectivity index (χ2n) is 12.2. The molecular formula is C33H41NO8. The number of carbonyl (C=O) groups excluding carboxylic acids is 3. The van der Waals surface area contributed by atoms with Crippen molar-refractivity contribution in [2.75, 3.05) is 5.73 Å². The lowest BCUT2D eigenvalue weighted by atomic mass is 9.70. The Morgan fingerprint density at radius 1 is 1.02 bits per heavy atom. The van der Waals surface area contributed by atoms with Gasteiger partial charge < -0.3 is 25.1 Å². The van der Waals surface area contributed by atoms with Crippen molar-refractivity contribution in [2.24, 2.45) is 16.7 Å². The smallest absolute Gasteiger partial charge is 0.342 e. The molecule has 4 unspecified atom stereocenters. The summed E-state index contributed by atoms with van der Waals surface area (Å²) in [6.07, 6.45) is 3.34. The molecule has 0 amide bonds. The SMILES string of the molecule is CCCCC(OC(=O)CCC(=O)Oc1cc(N)ccc1C(=O)OC1CC2CCC1(C)C2(C)C)c1ccccc1C(=O)O. The first-order valence-electron chi connectivity index (χ1n) is 14.7. The Hall–Kier alpha value is -3.88. The molecule has 2 aromatic rings. The summed E-state index contributed by atoms with van der Waals surface area (Å²) in [5.74, 6) is -2.63. The van der Waals surface area contributed by atoms with Crippen LogP contribution >= 0.6 is 0 Å². The highest BCUT2D eigenvalue weighted by molar-refractivity contribution is 5.94.